The SMILES string of the molecule is CCCN1[C-](c2ccccc2)[C@@H]1c1ccccc1.[Li+]. The minimum Gasteiger partial charge on any atom is -0.327 e. The van der Waals surface area contributed by atoms with E-state index in [9.17, 15) is 0 Å². The maximum Gasteiger partial charge on any atom is 1.00 e. The van der Waals surface area contributed by atoms with Crippen LogP contribution in [-0.4, -0.2) is 11.4 Å². The standard InChI is InChI=1S/C17H18N.Li/c1-2-13-18-16(14-9-5-3-6-10-14)17(18)15-11-7-4-8-12-15;/h3-12,16H,2,13H2,1H3;/q-1;+1/t16-,18?;/m0./s1. The molecule has 1 nitrogen and oxygen atoms in total. The molecule has 1 heterocycles. The van der Waals surface area contributed by atoms with E-state index in [4.69, 9.17) is 0 Å². The van der Waals surface area contributed by atoms with Crippen LogP contribution < -0.4 is 18.9 Å². The third kappa shape index (κ3) is 2.90. The molecule has 3 rings (SSSR count). The molecule has 1 aliphatic heterocycles. The van der Waals surface area contributed by atoms with Crippen LogP contribution in [0.4, 0.5) is 0 Å². The maximum absolute atomic E-state index is 2.50. The monoisotopic (exact) mass is 243 g/mol. The van der Waals surface area contributed by atoms with Crippen LogP contribution in [0.5, 0.6) is 0 Å². The molecule has 19 heavy (non-hydrogen) atoms. The number of hydrogen-bond acceptors (Lipinski definition) is 1. The van der Waals surface area contributed by atoms with Crippen molar-refractivity contribution in [2.24, 2.45) is 0 Å². The summed E-state index contributed by atoms with van der Waals surface area (Å²) in [5, 5.41) is 0. The van der Waals surface area contributed by atoms with Crippen LogP contribution in [0.25, 0.3) is 0 Å². The van der Waals surface area contributed by atoms with Gasteiger partial charge in [-0.1, -0.05) is 49.4 Å². The summed E-state index contributed by atoms with van der Waals surface area (Å²) in [7, 11) is 0. The van der Waals surface area contributed by atoms with Gasteiger partial charge in [0.1, 0.15) is 0 Å². The average molecular weight is 243 g/mol. The molecule has 0 aromatic heterocycles. The van der Waals surface area contributed by atoms with Crippen molar-refractivity contribution in [3.8, 4) is 0 Å². The van der Waals surface area contributed by atoms with Crippen molar-refractivity contribution in [3.63, 3.8) is 0 Å². The van der Waals surface area contributed by atoms with Crippen LogP contribution in [0, 0.1) is 6.04 Å². The van der Waals surface area contributed by atoms with Gasteiger partial charge in [0, 0.05) is 6.04 Å². The second kappa shape index (κ2) is 6.35. The first-order valence-electron chi connectivity index (χ1n) is 6.65. The normalized spacial score (nSPS) is 20.8. The molecule has 2 heteroatoms. The predicted octanol–water partition coefficient (Wildman–Crippen LogP) is 1.04. The summed E-state index contributed by atoms with van der Waals surface area (Å²) in [5.74, 6) is 0. The van der Waals surface area contributed by atoms with Gasteiger partial charge in [-0.2, -0.15) is 17.7 Å². The van der Waals surface area contributed by atoms with E-state index in [1.165, 1.54) is 23.6 Å². The van der Waals surface area contributed by atoms with Gasteiger partial charge >= 0.3 is 18.9 Å². The zero-order valence-corrected chi connectivity index (χ0v) is 11.7. The first kappa shape index (κ1) is 14.3. The molecule has 0 N–H and O–H groups in total. The van der Waals surface area contributed by atoms with Crippen molar-refractivity contribution in [2.45, 2.75) is 19.4 Å². The minimum atomic E-state index is 0. The van der Waals surface area contributed by atoms with E-state index in [-0.39, 0.29) is 18.9 Å². The van der Waals surface area contributed by atoms with Crippen molar-refractivity contribution in [3.05, 3.63) is 77.8 Å². The fraction of sp³-hybridized carbons (Fsp3) is 0.235. The molecule has 0 aliphatic carbocycles. The zero-order valence-electron chi connectivity index (χ0n) is 11.7. The minimum absolute atomic E-state index is 0. The Bertz CT molecular complexity index is 452. The van der Waals surface area contributed by atoms with Crippen molar-refractivity contribution in [2.75, 3.05) is 6.54 Å². The molecule has 2 aromatic carbocycles. The van der Waals surface area contributed by atoms with Crippen molar-refractivity contribution in [1.29, 1.82) is 0 Å². The van der Waals surface area contributed by atoms with Crippen molar-refractivity contribution < 1.29 is 18.9 Å². The van der Waals surface area contributed by atoms with Gasteiger partial charge in [0.25, 0.3) is 0 Å². The summed E-state index contributed by atoms with van der Waals surface area (Å²) in [4.78, 5) is 2.50. The third-order valence-corrected chi connectivity index (χ3v) is 3.46. The Kier molecular flexibility index (Phi) is 4.77. The molecule has 92 valence electrons. The van der Waals surface area contributed by atoms with Crippen LogP contribution in [0.2, 0.25) is 0 Å². The molecule has 0 amide bonds. The van der Waals surface area contributed by atoms with Gasteiger partial charge in [-0.05, 0) is 18.5 Å². The Hall–Kier alpha value is -1.13. The first-order valence-corrected chi connectivity index (χ1v) is 6.65. The van der Waals surface area contributed by atoms with E-state index in [2.05, 4.69) is 72.5 Å². The summed E-state index contributed by atoms with van der Waals surface area (Å²) in [5.41, 5.74) is 2.77. The molecule has 2 aromatic rings. The van der Waals surface area contributed by atoms with Gasteiger partial charge in [0.05, 0.1) is 0 Å². The van der Waals surface area contributed by atoms with Gasteiger partial charge in [0.15, 0.2) is 0 Å². The van der Waals surface area contributed by atoms with E-state index in [0.717, 1.165) is 6.54 Å². The summed E-state index contributed by atoms with van der Waals surface area (Å²) >= 11 is 0. The van der Waals surface area contributed by atoms with E-state index in [1.54, 1.807) is 0 Å². The second-order valence-electron chi connectivity index (χ2n) is 4.76. The molecule has 0 saturated carbocycles. The second-order valence-corrected chi connectivity index (χ2v) is 4.76. The number of benzene rings is 2. The Morgan fingerprint density at radius 2 is 1.53 bits per heavy atom. The van der Waals surface area contributed by atoms with Gasteiger partial charge in [-0.3, -0.25) is 0 Å². The first-order chi connectivity index (χ1) is 8.92. The van der Waals surface area contributed by atoms with E-state index in [0.29, 0.717) is 6.04 Å². The number of nitrogens with zero attached hydrogens (tertiary/aromatic N) is 1. The topological polar surface area (TPSA) is 3.01 Å². The Labute approximate surface area is 127 Å². The molecule has 0 radical (unpaired) electrons. The third-order valence-electron chi connectivity index (χ3n) is 3.46. The molecule has 0 spiro atoms. The smallest absolute Gasteiger partial charge is 0.327 e. The molecule has 1 fully saturated rings. The molecule has 0 bridgehead atoms. The summed E-state index contributed by atoms with van der Waals surface area (Å²) in [6.45, 7) is 3.38. The zero-order chi connectivity index (χ0) is 12.4. The van der Waals surface area contributed by atoms with Crippen LogP contribution in [0.1, 0.15) is 30.5 Å². The number of hydrogen-bond donors (Lipinski definition) is 0. The van der Waals surface area contributed by atoms with Crippen LogP contribution in [0.15, 0.2) is 60.7 Å². The Balaban J connectivity index is 0.00000133. The Morgan fingerprint density at radius 1 is 0.947 bits per heavy atom. The average Bonchev–Trinajstić information content (AvgIpc) is 3.15. The molecule has 1 aliphatic rings. The predicted molar refractivity (Wildman–Crippen MR) is 75.0 cm³/mol. The van der Waals surface area contributed by atoms with E-state index in [1.807, 2.05) is 0 Å². The largest absolute Gasteiger partial charge is 1.00 e. The molecule has 2 atom stereocenters. The van der Waals surface area contributed by atoms with Crippen molar-refractivity contribution in [1.82, 2.24) is 4.90 Å². The maximum atomic E-state index is 2.50. The van der Waals surface area contributed by atoms with Gasteiger partial charge in [0.2, 0.25) is 0 Å². The molecular formula is C17H18LiN. The molecule has 1 unspecified atom stereocenters. The van der Waals surface area contributed by atoms with Crippen molar-refractivity contribution >= 4 is 0 Å². The van der Waals surface area contributed by atoms with Gasteiger partial charge in [-0.15, -0.1) is 12.1 Å². The van der Waals surface area contributed by atoms with Gasteiger partial charge < -0.3 is 4.90 Å². The Morgan fingerprint density at radius 3 is 2.11 bits per heavy atom. The van der Waals surface area contributed by atoms with Crippen LogP contribution in [0.3, 0.4) is 0 Å². The van der Waals surface area contributed by atoms with Crippen LogP contribution in [-0.2, 0) is 0 Å². The fourth-order valence-corrected chi connectivity index (χ4v) is 2.63. The summed E-state index contributed by atoms with van der Waals surface area (Å²) in [6, 6.07) is 23.5. The molecular weight excluding hydrogens is 225 g/mol. The van der Waals surface area contributed by atoms with E-state index < -0.39 is 0 Å². The van der Waals surface area contributed by atoms with Gasteiger partial charge in [-0.25, -0.2) is 0 Å². The van der Waals surface area contributed by atoms with E-state index >= 15 is 0 Å². The van der Waals surface area contributed by atoms with Crippen LogP contribution >= 0.6 is 0 Å². The fourth-order valence-electron chi connectivity index (χ4n) is 2.63. The summed E-state index contributed by atoms with van der Waals surface area (Å²) < 4.78 is 0. The summed E-state index contributed by atoms with van der Waals surface area (Å²) in [6.07, 6.45) is 1.19. The number of rotatable bonds is 4. The quantitative estimate of drug-likeness (QED) is 0.440. The molecule has 1 saturated heterocycles.